The Bertz CT molecular complexity index is 922. The Hall–Kier alpha value is -1.83. The lowest BCUT2D eigenvalue weighted by Gasteiger charge is -2.59. The molecule has 0 heterocycles. The number of benzene rings is 1. The van der Waals surface area contributed by atoms with Crippen LogP contribution in [0.1, 0.15) is 70.8 Å². The molecule has 6 atom stereocenters. The second-order valence-corrected chi connectivity index (χ2v) is 11.3. The molecule has 2 fully saturated rings. The Labute approximate surface area is 182 Å². The number of hydrogen-bond donors (Lipinski definition) is 0. The van der Waals surface area contributed by atoms with Gasteiger partial charge in [0.25, 0.3) is 0 Å². The van der Waals surface area contributed by atoms with Gasteiger partial charge < -0.3 is 4.90 Å². The molecule has 0 saturated heterocycles. The van der Waals surface area contributed by atoms with Crippen molar-refractivity contribution in [1.29, 1.82) is 0 Å². The molecule has 1 aromatic rings. The van der Waals surface area contributed by atoms with E-state index in [0.717, 1.165) is 25.7 Å². The van der Waals surface area contributed by atoms with Crippen LogP contribution in [-0.2, 0) is 4.79 Å². The smallest absolute Gasteiger partial charge is 0.139 e. The van der Waals surface area contributed by atoms with E-state index in [0.29, 0.717) is 29.5 Å². The fourth-order valence-corrected chi connectivity index (χ4v) is 7.77. The van der Waals surface area contributed by atoms with Crippen molar-refractivity contribution in [3.8, 4) is 0 Å². The number of nitrogens with zero attached hydrogens (tertiary/aromatic N) is 1. The minimum Gasteiger partial charge on any atom is -0.378 e. The van der Waals surface area contributed by atoms with Gasteiger partial charge in [-0.3, -0.25) is 4.79 Å². The third-order valence-electron chi connectivity index (χ3n) is 9.48. The molecule has 0 aromatic heterocycles. The Morgan fingerprint density at radius 3 is 2.47 bits per heavy atom. The summed E-state index contributed by atoms with van der Waals surface area (Å²) in [7, 11) is 4.20. The normalized spacial score (nSPS) is 40.1. The van der Waals surface area contributed by atoms with Gasteiger partial charge in [-0.15, -0.1) is 0 Å². The van der Waals surface area contributed by atoms with Gasteiger partial charge in [-0.1, -0.05) is 43.7 Å². The zero-order valence-corrected chi connectivity index (χ0v) is 19.4. The fourth-order valence-electron chi connectivity index (χ4n) is 7.77. The number of carbonyl (C=O) groups excluding carboxylic acids is 1. The lowest BCUT2D eigenvalue weighted by molar-refractivity contribution is -0.132. The molecule has 0 spiro atoms. The van der Waals surface area contributed by atoms with Crippen molar-refractivity contribution < 1.29 is 4.79 Å². The molecule has 4 aliphatic carbocycles. The molecule has 0 N–H and O–H groups in total. The first kappa shape index (κ1) is 20.1. The Balaban J connectivity index is 1.63. The fraction of sp³-hybridized carbons (Fsp3) is 0.607. The molecule has 30 heavy (non-hydrogen) atoms. The summed E-state index contributed by atoms with van der Waals surface area (Å²) in [6.45, 7) is 7.13. The van der Waals surface area contributed by atoms with E-state index in [1.807, 2.05) is 0 Å². The van der Waals surface area contributed by atoms with Crippen molar-refractivity contribution in [3.63, 3.8) is 0 Å². The van der Waals surface area contributed by atoms with Crippen molar-refractivity contribution >= 4 is 11.5 Å². The molecular weight excluding hydrogens is 366 g/mol. The van der Waals surface area contributed by atoms with E-state index < -0.39 is 0 Å². The molecule has 0 aliphatic heterocycles. The van der Waals surface area contributed by atoms with Crippen LogP contribution >= 0.6 is 0 Å². The van der Waals surface area contributed by atoms with Crippen LogP contribution in [0.3, 0.4) is 0 Å². The van der Waals surface area contributed by atoms with Crippen LogP contribution in [0.25, 0.3) is 0 Å². The van der Waals surface area contributed by atoms with Gasteiger partial charge in [-0.25, -0.2) is 0 Å². The van der Waals surface area contributed by atoms with E-state index >= 15 is 0 Å². The van der Waals surface area contributed by atoms with E-state index in [2.05, 4.69) is 76.2 Å². The summed E-state index contributed by atoms with van der Waals surface area (Å²) in [5, 5.41) is 0. The van der Waals surface area contributed by atoms with E-state index in [1.54, 1.807) is 5.57 Å². The number of rotatable bonds is 2. The zero-order valence-electron chi connectivity index (χ0n) is 19.4. The number of carbonyl (C=O) groups is 1. The summed E-state index contributed by atoms with van der Waals surface area (Å²) in [5.74, 6) is 2.83. The topological polar surface area (TPSA) is 20.3 Å². The average molecular weight is 404 g/mol. The van der Waals surface area contributed by atoms with Crippen LogP contribution in [0.5, 0.6) is 0 Å². The number of Topliss-reactive ketones (excluding diaryl/α,β-unsaturated/α-hetero) is 1. The first-order valence-corrected chi connectivity index (χ1v) is 11.9. The summed E-state index contributed by atoms with van der Waals surface area (Å²) in [6, 6.07) is 9.24. The molecule has 2 saturated carbocycles. The van der Waals surface area contributed by atoms with Gasteiger partial charge in [-0.2, -0.15) is 0 Å². The maximum absolute atomic E-state index is 13.1. The minimum absolute atomic E-state index is 0.131. The quantitative estimate of drug-likeness (QED) is 0.559. The number of fused-ring (bicyclic) bond motifs is 5. The van der Waals surface area contributed by atoms with Crippen molar-refractivity contribution in [3.05, 3.63) is 53.1 Å². The second kappa shape index (κ2) is 6.84. The lowest BCUT2D eigenvalue weighted by Crippen LogP contribution is -2.52. The van der Waals surface area contributed by atoms with Crippen LogP contribution in [-0.4, -0.2) is 19.9 Å². The summed E-state index contributed by atoms with van der Waals surface area (Å²) in [5.41, 5.74) is 5.91. The van der Waals surface area contributed by atoms with Gasteiger partial charge in [-0.05, 0) is 91.4 Å². The van der Waals surface area contributed by atoms with Gasteiger partial charge >= 0.3 is 0 Å². The Morgan fingerprint density at radius 1 is 1.03 bits per heavy atom. The predicted molar refractivity (Wildman–Crippen MR) is 125 cm³/mol. The number of ketones is 1. The van der Waals surface area contributed by atoms with Crippen LogP contribution in [0.4, 0.5) is 5.69 Å². The Kier molecular flexibility index (Phi) is 4.58. The molecule has 160 valence electrons. The van der Waals surface area contributed by atoms with Crippen molar-refractivity contribution in [2.24, 2.45) is 28.6 Å². The first-order chi connectivity index (χ1) is 14.2. The molecule has 0 amide bonds. The minimum atomic E-state index is -0.131. The maximum Gasteiger partial charge on any atom is 0.139 e. The van der Waals surface area contributed by atoms with E-state index in [-0.39, 0.29) is 10.8 Å². The molecule has 4 aliphatic rings. The van der Waals surface area contributed by atoms with E-state index in [4.69, 9.17) is 0 Å². The van der Waals surface area contributed by atoms with E-state index in [9.17, 15) is 4.79 Å². The van der Waals surface area contributed by atoms with Crippen molar-refractivity contribution in [1.82, 2.24) is 0 Å². The molecule has 2 nitrogen and oxygen atoms in total. The molecule has 0 bridgehead atoms. The first-order valence-electron chi connectivity index (χ1n) is 11.9. The zero-order chi connectivity index (χ0) is 21.3. The summed E-state index contributed by atoms with van der Waals surface area (Å²) in [6.07, 6.45) is 11.6. The molecule has 0 unspecified atom stereocenters. The summed E-state index contributed by atoms with van der Waals surface area (Å²) < 4.78 is 0. The third kappa shape index (κ3) is 2.78. The third-order valence-corrected chi connectivity index (χ3v) is 9.48. The predicted octanol–water partition coefficient (Wildman–Crippen LogP) is 6.53. The Morgan fingerprint density at radius 2 is 1.77 bits per heavy atom. The van der Waals surface area contributed by atoms with Crippen molar-refractivity contribution in [2.45, 2.75) is 65.2 Å². The average Bonchev–Trinajstić information content (AvgIpc) is 3.02. The van der Waals surface area contributed by atoms with Crippen LogP contribution in [0.2, 0.25) is 0 Å². The standard InChI is InChI=1S/C28H37NO/c1-18-14-15-27(2)20(16-18)8-11-22-24-12-13-25(30)28(24,3)17-23(26(22)27)19-6-9-21(10-7-19)29(4)5/h6-10,16,22-24,26H,11-15,17H2,1-5H3/t22-,23+,24-,26+,27-,28-/m0/s1. The number of hydrogen-bond acceptors (Lipinski definition) is 2. The highest BCUT2D eigenvalue weighted by molar-refractivity contribution is 5.87. The van der Waals surface area contributed by atoms with Crippen LogP contribution in [0.15, 0.2) is 47.6 Å². The number of allylic oxidation sites excluding steroid dienone is 4. The van der Waals surface area contributed by atoms with Crippen LogP contribution < -0.4 is 4.90 Å². The van der Waals surface area contributed by atoms with Gasteiger partial charge in [0.1, 0.15) is 5.78 Å². The molecule has 2 heteroatoms. The van der Waals surface area contributed by atoms with E-state index in [1.165, 1.54) is 29.7 Å². The SMILES string of the molecule is CC1=CC2=CC[C@@H]3[C@H]([C@@H](c4ccc(N(C)C)cc4)C[C@]4(C)C(=O)CC[C@@H]34)[C@@]2(C)CC1. The second-order valence-electron chi connectivity index (χ2n) is 11.3. The summed E-state index contributed by atoms with van der Waals surface area (Å²) in [4.78, 5) is 15.3. The lowest BCUT2D eigenvalue weighted by atomic mass is 9.45. The maximum atomic E-state index is 13.1. The van der Waals surface area contributed by atoms with Gasteiger partial charge in [0.2, 0.25) is 0 Å². The highest BCUT2D eigenvalue weighted by atomic mass is 16.1. The molecule has 0 radical (unpaired) electrons. The molecule has 5 rings (SSSR count). The summed E-state index contributed by atoms with van der Waals surface area (Å²) >= 11 is 0. The van der Waals surface area contributed by atoms with Gasteiger partial charge in [0.15, 0.2) is 0 Å². The largest absolute Gasteiger partial charge is 0.378 e. The van der Waals surface area contributed by atoms with Crippen LogP contribution in [0, 0.1) is 28.6 Å². The van der Waals surface area contributed by atoms with Gasteiger partial charge in [0, 0.05) is 31.6 Å². The monoisotopic (exact) mass is 403 g/mol. The number of anilines is 1. The highest BCUT2D eigenvalue weighted by Crippen LogP contribution is 2.67. The van der Waals surface area contributed by atoms with Gasteiger partial charge in [0.05, 0.1) is 0 Å². The molecular formula is C28H37NO. The van der Waals surface area contributed by atoms with Crippen molar-refractivity contribution in [2.75, 3.05) is 19.0 Å². The highest BCUT2D eigenvalue weighted by Gasteiger charge is 2.61. The molecule has 1 aromatic carbocycles.